The number of hydrogen-bond donors (Lipinski definition) is 2. The normalized spacial score (nSPS) is 11.0. The van der Waals surface area contributed by atoms with Crippen LogP contribution in [0.25, 0.3) is 0 Å². The van der Waals surface area contributed by atoms with E-state index in [1.165, 1.54) is 12.1 Å². The Hall–Kier alpha value is -1.17. The van der Waals surface area contributed by atoms with Crippen molar-refractivity contribution in [1.82, 2.24) is 10.6 Å². The summed E-state index contributed by atoms with van der Waals surface area (Å²) >= 11 is 17.5. The van der Waals surface area contributed by atoms with Gasteiger partial charge in [-0.3, -0.25) is 10.1 Å². The third-order valence-corrected chi connectivity index (χ3v) is 3.09. The zero-order chi connectivity index (χ0) is 16.2. The van der Waals surface area contributed by atoms with Gasteiger partial charge in [-0.15, -0.1) is 0 Å². The number of benzene rings is 1. The topological polar surface area (TPSA) is 67.4 Å². The van der Waals surface area contributed by atoms with Crippen molar-refractivity contribution in [2.45, 2.75) is 26.3 Å². The number of carbonyl (C=O) groups is 2. The Labute approximate surface area is 137 Å². The number of hydrogen-bond acceptors (Lipinski definition) is 3. The summed E-state index contributed by atoms with van der Waals surface area (Å²) in [6.07, 6.45) is 0. The fourth-order valence-electron chi connectivity index (χ4n) is 1.29. The van der Waals surface area contributed by atoms with Gasteiger partial charge in [0, 0.05) is 11.6 Å². The fourth-order valence-corrected chi connectivity index (χ4v) is 1.88. The van der Waals surface area contributed by atoms with Crippen LogP contribution < -0.4 is 15.4 Å². The minimum Gasteiger partial charge on any atom is -0.482 e. The molecular formula is C13H15Cl3N2O3. The molecule has 0 spiro atoms. The number of imide groups is 1. The molecule has 8 heteroatoms. The SMILES string of the molecule is CC(C)(C)NC(=O)NC(=O)COc1cc(Cl)c(Cl)cc1Cl. The molecule has 1 aromatic carbocycles. The average molecular weight is 354 g/mol. The van der Waals surface area contributed by atoms with Gasteiger partial charge in [-0.2, -0.15) is 0 Å². The zero-order valence-corrected chi connectivity index (χ0v) is 14.0. The molecule has 0 aliphatic rings. The number of nitrogens with one attached hydrogen (secondary N) is 2. The van der Waals surface area contributed by atoms with Gasteiger partial charge in [0.2, 0.25) is 0 Å². The lowest BCUT2D eigenvalue weighted by Gasteiger charge is -2.20. The van der Waals surface area contributed by atoms with Crippen molar-refractivity contribution in [1.29, 1.82) is 0 Å². The molecule has 3 amide bonds. The molecule has 1 aromatic rings. The maximum absolute atomic E-state index is 11.6. The number of urea groups is 1. The first-order valence-electron chi connectivity index (χ1n) is 5.98. The van der Waals surface area contributed by atoms with Crippen LogP contribution in [0.2, 0.25) is 15.1 Å². The van der Waals surface area contributed by atoms with Crippen molar-refractivity contribution in [2.24, 2.45) is 0 Å². The van der Waals surface area contributed by atoms with Gasteiger partial charge in [0.25, 0.3) is 5.91 Å². The van der Waals surface area contributed by atoms with E-state index >= 15 is 0 Å². The minimum atomic E-state index is -0.612. The molecule has 0 aliphatic heterocycles. The number of ether oxygens (including phenoxy) is 1. The van der Waals surface area contributed by atoms with Crippen LogP contribution in [0.3, 0.4) is 0 Å². The van der Waals surface area contributed by atoms with E-state index in [4.69, 9.17) is 39.5 Å². The molecule has 0 aromatic heterocycles. The van der Waals surface area contributed by atoms with Gasteiger partial charge < -0.3 is 10.1 Å². The van der Waals surface area contributed by atoms with E-state index in [0.717, 1.165) is 0 Å². The third kappa shape index (κ3) is 6.42. The van der Waals surface area contributed by atoms with E-state index in [1.54, 1.807) is 20.8 Å². The van der Waals surface area contributed by atoms with Crippen LogP contribution in [0.4, 0.5) is 4.79 Å². The van der Waals surface area contributed by atoms with Crippen molar-refractivity contribution < 1.29 is 14.3 Å². The molecule has 0 unspecified atom stereocenters. The molecule has 0 radical (unpaired) electrons. The fraction of sp³-hybridized carbons (Fsp3) is 0.385. The molecule has 0 fully saturated rings. The predicted molar refractivity (Wildman–Crippen MR) is 83.4 cm³/mol. The average Bonchev–Trinajstić information content (AvgIpc) is 2.29. The second kappa shape index (κ2) is 7.20. The summed E-state index contributed by atoms with van der Waals surface area (Å²) in [6.45, 7) is 5.00. The molecule has 116 valence electrons. The van der Waals surface area contributed by atoms with Crippen LogP contribution in [0.5, 0.6) is 5.75 Å². The Balaban J connectivity index is 2.54. The summed E-state index contributed by atoms with van der Waals surface area (Å²) in [5.74, 6) is -0.406. The molecule has 5 nitrogen and oxygen atoms in total. The molecule has 0 aliphatic carbocycles. The van der Waals surface area contributed by atoms with Gasteiger partial charge in [0.15, 0.2) is 6.61 Å². The van der Waals surface area contributed by atoms with E-state index < -0.39 is 17.5 Å². The Bertz CT molecular complexity index is 556. The maximum Gasteiger partial charge on any atom is 0.321 e. The quantitative estimate of drug-likeness (QED) is 0.815. The molecule has 0 heterocycles. The second-order valence-corrected chi connectivity index (χ2v) is 6.46. The lowest BCUT2D eigenvalue weighted by Crippen LogP contribution is -2.49. The Morgan fingerprint density at radius 2 is 1.67 bits per heavy atom. The highest BCUT2D eigenvalue weighted by Crippen LogP contribution is 2.33. The largest absolute Gasteiger partial charge is 0.482 e. The van der Waals surface area contributed by atoms with Crippen LogP contribution in [0.15, 0.2) is 12.1 Å². The molecule has 0 atom stereocenters. The molecule has 0 saturated heterocycles. The van der Waals surface area contributed by atoms with Gasteiger partial charge in [-0.25, -0.2) is 4.79 Å². The molecule has 0 saturated carbocycles. The van der Waals surface area contributed by atoms with E-state index in [0.29, 0.717) is 0 Å². The first-order valence-corrected chi connectivity index (χ1v) is 7.11. The lowest BCUT2D eigenvalue weighted by atomic mass is 10.1. The van der Waals surface area contributed by atoms with Gasteiger partial charge in [-0.05, 0) is 26.8 Å². The van der Waals surface area contributed by atoms with Crippen LogP contribution in [0.1, 0.15) is 20.8 Å². The third-order valence-electron chi connectivity index (χ3n) is 2.08. The lowest BCUT2D eigenvalue weighted by molar-refractivity contribution is -0.122. The van der Waals surface area contributed by atoms with Crippen molar-refractivity contribution in [3.8, 4) is 5.75 Å². The van der Waals surface area contributed by atoms with E-state index in [1.807, 2.05) is 0 Å². The molecule has 2 N–H and O–H groups in total. The van der Waals surface area contributed by atoms with Crippen LogP contribution in [-0.2, 0) is 4.79 Å². The summed E-state index contributed by atoms with van der Waals surface area (Å²) in [6, 6.07) is 2.20. The Morgan fingerprint density at radius 3 is 2.24 bits per heavy atom. The van der Waals surface area contributed by atoms with Gasteiger partial charge in [0.05, 0.1) is 15.1 Å². The number of amides is 3. The van der Waals surface area contributed by atoms with Gasteiger partial charge in [-0.1, -0.05) is 34.8 Å². The molecular weight excluding hydrogens is 339 g/mol. The highest BCUT2D eigenvalue weighted by atomic mass is 35.5. The second-order valence-electron chi connectivity index (χ2n) is 5.24. The summed E-state index contributed by atoms with van der Waals surface area (Å²) in [7, 11) is 0. The maximum atomic E-state index is 11.6. The number of carbonyl (C=O) groups excluding carboxylic acids is 2. The number of halogens is 3. The summed E-state index contributed by atoms with van der Waals surface area (Å²) < 4.78 is 5.20. The number of rotatable bonds is 3. The van der Waals surface area contributed by atoms with Crippen molar-refractivity contribution in [3.05, 3.63) is 27.2 Å². The smallest absolute Gasteiger partial charge is 0.321 e. The summed E-state index contributed by atoms with van der Waals surface area (Å²) in [4.78, 5) is 23.1. The highest BCUT2D eigenvalue weighted by Gasteiger charge is 2.16. The van der Waals surface area contributed by atoms with Gasteiger partial charge >= 0.3 is 6.03 Å². The highest BCUT2D eigenvalue weighted by molar-refractivity contribution is 6.43. The van der Waals surface area contributed by atoms with Crippen molar-refractivity contribution >= 4 is 46.7 Å². The van der Waals surface area contributed by atoms with Crippen molar-refractivity contribution in [2.75, 3.05) is 6.61 Å². The first kappa shape index (κ1) is 17.9. The monoisotopic (exact) mass is 352 g/mol. The molecule has 21 heavy (non-hydrogen) atoms. The van der Waals surface area contributed by atoms with E-state index in [-0.39, 0.29) is 27.4 Å². The van der Waals surface area contributed by atoms with Crippen LogP contribution >= 0.6 is 34.8 Å². The van der Waals surface area contributed by atoms with Crippen molar-refractivity contribution in [3.63, 3.8) is 0 Å². The van der Waals surface area contributed by atoms with Gasteiger partial charge in [0.1, 0.15) is 5.75 Å². The standard InChI is InChI=1S/C13H15Cl3N2O3/c1-13(2,3)18-12(20)17-11(19)6-21-10-5-8(15)7(14)4-9(10)16/h4-5H,6H2,1-3H3,(H2,17,18,19,20). The van der Waals surface area contributed by atoms with E-state index in [2.05, 4.69) is 10.6 Å². The molecule has 0 bridgehead atoms. The first-order chi connectivity index (χ1) is 9.58. The Morgan fingerprint density at radius 1 is 1.10 bits per heavy atom. The van der Waals surface area contributed by atoms with Crippen LogP contribution in [-0.4, -0.2) is 24.1 Å². The van der Waals surface area contributed by atoms with Crippen LogP contribution in [0, 0.1) is 0 Å². The summed E-state index contributed by atoms with van der Waals surface area (Å²) in [5, 5.41) is 5.47. The minimum absolute atomic E-state index is 0.206. The summed E-state index contributed by atoms with van der Waals surface area (Å²) in [5.41, 5.74) is -0.446. The zero-order valence-electron chi connectivity index (χ0n) is 11.7. The predicted octanol–water partition coefficient (Wildman–Crippen LogP) is 3.65. The molecule has 1 rings (SSSR count). The Kier molecular flexibility index (Phi) is 6.13. The van der Waals surface area contributed by atoms with E-state index in [9.17, 15) is 9.59 Å².